The summed E-state index contributed by atoms with van der Waals surface area (Å²) in [5, 5.41) is 0.899. The Balaban J connectivity index is 2.92. The molecule has 0 amide bonds. The van der Waals surface area contributed by atoms with E-state index in [-0.39, 0.29) is 11.7 Å². The molecule has 16 heavy (non-hydrogen) atoms. The average Bonchev–Trinajstić information content (AvgIpc) is 2.20. The van der Waals surface area contributed by atoms with Gasteiger partial charge in [0.1, 0.15) is 0 Å². The Morgan fingerprint density at radius 1 is 1.38 bits per heavy atom. The minimum absolute atomic E-state index is 0.0896. The van der Waals surface area contributed by atoms with Crippen LogP contribution in [0.15, 0.2) is 23.1 Å². The van der Waals surface area contributed by atoms with Crippen molar-refractivity contribution in [3.8, 4) is 0 Å². The lowest BCUT2D eigenvalue weighted by Crippen LogP contribution is -2.24. The Bertz CT molecular complexity index is 599. The molecule has 0 bridgehead atoms. The molecule has 0 saturated carbocycles. The summed E-state index contributed by atoms with van der Waals surface area (Å²) in [4.78, 5) is 15.5. The van der Waals surface area contributed by atoms with E-state index in [1.165, 1.54) is 0 Å². The number of rotatable bonds is 1. The maximum Gasteiger partial charge on any atom is 0.348 e. The van der Waals surface area contributed by atoms with Gasteiger partial charge in [0.05, 0.1) is 5.52 Å². The van der Waals surface area contributed by atoms with Crippen LogP contribution in [0.4, 0.5) is 5.69 Å². The number of hydrogen-bond acceptors (Lipinski definition) is 3. The van der Waals surface area contributed by atoms with Gasteiger partial charge in [0.15, 0.2) is 0 Å². The van der Waals surface area contributed by atoms with Crippen LogP contribution >= 0.6 is 0 Å². The Morgan fingerprint density at radius 2 is 2.06 bits per heavy atom. The van der Waals surface area contributed by atoms with Gasteiger partial charge in [0, 0.05) is 23.3 Å². The third-order valence-corrected chi connectivity index (χ3v) is 2.71. The van der Waals surface area contributed by atoms with Crippen LogP contribution < -0.4 is 11.4 Å². The number of benzene rings is 1. The predicted molar refractivity (Wildman–Crippen MR) is 65.5 cm³/mol. The second-order valence-electron chi connectivity index (χ2n) is 4.27. The third kappa shape index (κ3) is 1.56. The smallest absolute Gasteiger partial charge is 0.348 e. The van der Waals surface area contributed by atoms with Crippen LogP contribution in [0.2, 0.25) is 0 Å². The van der Waals surface area contributed by atoms with E-state index in [1.54, 1.807) is 10.8 Å². The Kier molecular flexibility index (Phi) is 2.42. The van der Waals surface area contributed by atoms with Crippen molar-refractivity contribution in [3.63, 3.8) is 0 Å². The summed E-state index contributed by atoms with van der Waals surface area (Å²) in [7, 11) is 0. The standard InChI is InChI=1S/C12H15N3O/c1-7(2)15-11-4-8(3)10(13)5-9(11)6-14-12(15)16/h4-7H,13H2,1-3H3. The molecule has 2 rings (SSSR count). The topological polar surface area (TPSA) is 60.9 Å². The number of nitrogens with zero attached hydrogens (tertiary/aromatic N) is 2. The van der Waals surface area contributed by atoms with E-state index in [0.29, 0.717) is 0 Å². The highest BCUT2D eigenvalue weighted by molar-refractivity contribution is 5.83. The van der Waals surface area contributed by atoms with E-state index in [0.717, 1.165) is 22.2 Å². The summed E-state index contributed by atoms with van der Waals surface area (Å²) < 4.78 is 1.68. The van der Waals surface area contributed by atoms with Crippen molar-refractivity contribution in [2.24, 2.45) is 0 Å². The lowest BCUT2D eigenvalue weighted by atomic mass is 10.1. The van der Waals surface area contributed by atoms with Gasteiger partial charge in [-0.25, -0.2) is 9.78 Å². The van der Waals surface area contributed by atoms with Crippen LogP contribution in [0.1, 0.15) is 25.5 Å². The number of anilines is 1. The summed E-state index contributed by atoms with van der Waals surface area (Å²) in [5.41, 5.74) is 8.21. The van der Waals surface area contributed by atoms with Gasteiger partial charge in [-0.2, -0.15) is 0 Å². The number of aromatic nitrogens is 2. The molecule has 0 saturated heterocycles. The van der Waals surface area contributed by atoms with Crippen LogP contribution in [0.25, 0.3) is 10.9 Å². The molecule has 0 fully saturated rings. The zero-order chi connectivity index (χ0) is 11.9. The highest BCUT2D eigenvalue weighted by atomic mass is 16.1. The second-order valence-corrected chi connectivity index (χ2v) is 4.27. The fourth-order valence-corrected chi connectivity index (χ4v) is 1.83. The zero-order valence-corrected chi connectivity index (χ0v) is 9.69. The second kappa shape index (κ2) is 3.63. The van der Waals surface area contributed by atoms with Crippen molar-refractivity contribution in [2.75, 3.05) is 5.73 Å². The Hall–Kier alpha value is -1.84. The van der Waals surface area contributed by atoms with Crippen molar-refractivity contribution in [2.45, 2.75) is 26.8 Å². The minimum atomic E-state index is -0.216. The molecule has 0 unspecified atom stereocenters. The van der Waals surface area contributed by atoms with Crippen molar-refractivity contribution in [1.29, 1.82) is 0 Å². The van der Waals surface area contributed by atoms with E-state index in [9.17, 15) is 4.79 Å². The Labute approximate surface area is 93.7 Å². The largest absolute Gasteiger partial charge is 0.398 e. The molecule has 0 aliphatic heterocycles. The van der Waals surface area contributed by atoms with E-state index in [4.69, 9.17) is 5.73 Å². The van der Waals surface area contributed by atoms with Crippen LogP contribution in [0.3, 0.4) is 0 Å². The van der Waals surface area contributed by atoms with E-state index in [1.807, 2.05) is 32.9 Å². The van der Waals surface area contributed by atoms with Gasteiger partial charge in [-0.3, -0.25) is 4.57 Å². The predicted octanol–water partition coefficient (Wildman–Crippen LogP) is 1.87. The quantitative estimate of drug-likeness (QED) is 0.742. The highest BCUT2D eigenvalue weighted by Crippen LogP contribution is 2.21. The van der Waals surface area contributed by atoms with Gasteiger partial charge < -0.3 is 5.73 Å². The van der Waals surface area contributed by atoms with E-state index in [2.05, 4.69) is 4.98 Å². The normalized spacial score (nSPS) is 11.2. The molecule has 2 aromatic rings. The number of nitrogens with two attached hydrogens (primary N) is 1. The van der Waals surface area contributed by atoms with Gasteiger partial charge >= 0.3 is 5.69 Å². The van der Waals surface area contributed by atoms with E-state index >= 15 is 0 Å². The van der Waals surface area contributed by atoms with Crippen LogP contribution in [-0.4, -0.2) is 9.55 Å². The first-order valence-corrected chi connectivity index (χ1v) is 5.28. The summed E-state index contributed by atoms with van der Waals surface area (Å²) in [6.45, 7) is 5.87. The van der Waals surface area contributed by atoms with E-state index < -0.39 is 0 Å². The SMILES string of the molecule is Cc1cc2c(cnc(=O)n2C(C)C)cc1N. The number of aryl methyl sites for hydroxylation is 1. The molecule has 2 N–H and O–H groups in total. The fourth-order valence-electron chi connectivity index (χ4n) is 1.83. The first-order valence-electron chi connectivity index (χ1n) is 5.28. The van der Waals surface area contributed by atoms with Crippen LogP contribution in [0.5, 0.6) is 0 Å². The number of fused-ring (bicyclic) bond motifs is 1. The molecule has 1 heterocycles. The fraction of sp³-hybridized carbons (Fsp3) is 0.333. The van der Waals surface area contributed by atoms with Crippen molar-refractivity contribution < 1.29 is 0 Å². The lowest BCUT2D eigenvalue weighted by Gasteiger charge is -2.13. The maximum atomic E-state index is 11.7. The summed E-state index contributed by atoms with van der Waals surface area (Å²) in [5.74, 6) is 0. The van der Waals surface area contributed by atoms with Crippen LogP contribution in [-0.2, 0) is 0 Å². The molecule has 0 radical (unpaired) electrons. The molecule has 1 aromatic carbocycles. The van der Waals surface area contributed by atoms with Crippen molar-refractivity contribution in [3.05, 3.63) is 34.4 Å². The summed E-state index contributed by atoms with van der Waals surface area (Å²) in [6.07, 6.45) is 1.58. The van der Waals surface area contributed by atoms with Crippen molar-refractivity contribution >= 4 is 16.6 Å². The van der Waals surface area contributed by atoms with Gasteiger partial charge in [0.25, 0.3) is 0 Å². The first-order chi connectivity index (χ1) is 7.50. The Morgan fingerprint density at radius 3 is 2.69 bits per heavy atom. The van der Waals surface area contributed by atoms with Gasteiger partial charge in [-0.15, -0.1) is 0 Å². The lowest BCUT2D eigenvalue weighted by molar-refractivity contribution is 0.586. The molecule has 0 aliphatic carbocycles. The van der Waals surface area contributed by atoms with Crippen LogP contribution in [0, 0.1) is 6.92 Å². The number of hydrogen-bond donors (Lipinski definition) is 1. The van der Waals surface area contributed by atoms with Gasteiger partial charge in [-0.1, -0.05) is 0 Å². The van der Waals surface area contributed by atoms with Crippen molar-refractivity contribution in [1.82, 2.24) is 9.55 Å². The summed E-state index contributed by atoms with van der Waals surface area (Å²) >= 11 is 0. The number of nitrogen functional groups attached to an aromatic ring is 1. The molecule has 4 nitrogen and oxygen atoms in total. The van der Waals surface area contributed by atoms with Gasteiger partial charge in [-0.05, 0) is 38.5 Å². The third-order valence-electron chi connectivity index (χ3n) is 2.71. The molecule has 0 aliphatic rings. The molecular formula is C12H15N3O. The average molecular weight is 217 g/mol. The molecule has 4 heteroatoms. The molecule has 84 valence electrons. The highest BCUT2D eigenvalue weighted by Gasteiger charge is 2.08. The zero-order valence-electron chi connectivity index (χ0n) is 9.69. The monoisotopic (exact) mass is 217 g/mol. The summed E-state index contributed by atoms with van der Waals surface area (Å²) in [6, 6.07) is 3.88. The van der Waals surface area contributed by atoms with Gasteiger partial charge in [0.2, 0.25) is 0 Å². The first kappa shape index (κ1) is 10.7. The maximum absolute atomic E-state index is 11.7. The molecule has 0 spiro atoms. The molecule has 0 atom stereocenters. The molecular weight excluding hydrogens is 202 g/mol. The molecule has 1 aromatic heterocycles. The minimum Gasteiger partial charge on any atom is -0.398 e.